The molecule has 0 aliphatic carbocycles. The summed E-state index contributed by atoms with van der Waals surface area (Å²) in [5.41, 5.74) is -1.07. The van der Waals surface area contributed by atoms with Crippen molar-refractivity contribution in [3.63, 3.8) is 0 Å². The Balaban J connectivity index is 3.89. The van der Waals surface area contributed by atoms with E-state index in [2.05, 4.69) is 0 Å². The Labute approximate surface area is 136 Å². The maximum Gasteiger partial charge on any atom is 0.336 e. The molecule has 0 aromatic heterocycles. The van der Waals surface area contributed by atoms with E-state index in [4.69, 9.17) is 14.2 Å². The summed E-state index contributed by atoms with van der Waals surface area (Å²) in [6.45, 7) is 4.09. The van der Waals surface area contributed by atoms with Gasteiger partial charge < -0.3 is 19.3 Å². The maximum absolute atomic E-state index is 11.8. The van der Waals surface area contributed by atoms with Crippen LogP contribution in [0.15, 0.2) is 6.07 Å². The van der Waals surface area contributed by atoms with Crippen molar-refractivity contribution in [2.75, 3.05) is 0 Å². The number of ketones is 1. The van der Waals surface area contributed by atoms with Gasteiger partial charge in [-0.15, -0.1) is 0 Å². The van der Waals surface area contributed by atoms with E-state index in [-0.39, 0.29) is 0 Å². The van der Waals surface area contributed by atoms with Crippen molar-refractivity contribution in [3.8, 4) is 17.2 Å². The van der Waals surface area contributed by atoms with Crippen molar-refractivity contribution in [2.45, 2.75) is 27.7 Å². The number of Topliss-reactive ketones (excluding diaryl/α,β-unsaturated/α-hetero) is 1. The summed E-state index contributed by atoms with van der Waals surface area (Å²) < 4.78 is 14.5. The van der Waals surface area contributed by atoms with E-state index in [9.17, 15) is 29.1 Å². The molecule has 0 aliphatic rings. The number of carboxylic acids is 1. The first-order valence-corrected chi connectivity index (χ1v) is 6.55. The second-order valence-corrected chi connectivity index (χ2v) is 4.60. The molecule has 24 heavy (non-hydrogen) atoms. The first-order chi connectivity index (χ1) is 11.0. The van der Waals surface area contributed by atoms with Gasteiger partial charge in [0.05, 0.1) is 11.1 Å². The van der Waals surface area contributed by atoms with Crippen LogP contribution in [-0.4, -0.2) is 34.8 Å². The molecule has 0 spiro atoms. The maximum atomic E-state index is 11.8. The quantitative estimate of drug-likeness (QED) is 0.480. The Morgan fingerprint density at radius 2 is 1.25 bits per heavy atom. The van der Waals surface area contributed by atoms with Crippen molar-refractivity contribution in [2.24, 2.45) is 0 Å². The summed E-state index contributed by atoms with van der Waals surface area (Å²) in [5.74, 6) is -6.52. The van der Waals surface area contributed by atoms with E-state index in [1.54, 1.807) is 0 Å². The number of hydrogen-bond acceptors (Lipinski definition) is 8. The molecule has 0 atom stereocenters. The summed E-state index contributed by atoms with van der Waals surface area (Å²) >= 11 is 0. The highest BCUT2D eigenvalue weighted by Crippen LogP contribution is 2.43. The summed E-state index contributed by atoms with van der Waals surface area (Å²) in [4.78, 5) is 57.0. The first kappa shape index (κ1) is 18.8. The van der Waals surface area contributed by atoms with Crippen LogP contribution in [0.4, 0.5) is 0 Å². The van der Waals surface area contributed by atoms with Crippen LogP contribution < -0.4 is 14.2 Å². The van der Waals surface area contributed by atoms with Gasteiger partial charge in [-0.1, -0.05) is 0 Å². The van der Waals surface area contributed by atoms with Crippen LogP contribution in [0.2, 0.25) is 0 Å². The molecule has 0 unspecified atom stereocenters. The van der Waals surface area contributed by atoms with Gasteiger partial charge in [0.25, 0.3) is 0 Å². The Bertz CT molecular complexity index is 746. The topological polar surface area (TPSA) is 133 Å². The van der Waals surface area contributed by atoms with Gasteiger partial charge in [0.2, 0.25) is 5.75 Å². The average molecular weight is 338 g/mol. The first-order valence-electron chi connectivity index (χ1n) is 6.55. The van der Waals surface area contributed by atoms with Gasteiger partial charge in [-0.2, -0.15) is 0 Å². The highest BCUT2D eigenvalue weighted by molar-refractivity contribution is 6.09. The molecule has 0 bridgehead atoms. The lowest BCUT2D eigenvalue weighted by atomic mass is 10.0. The standard InChI is InChI=1S/C15H14O9/c1-6(16)12-10(15(20)21)5-11(22-7(2)17)13(23-8(3)18)14(12)24-9(4)19/h5H,1-4H3,(H,20,21). The molecular formula is C15H14O9. The average Bonchev–Trinajstić information content (AvgIpc) is 2.39. The van der Waals surface area contributed by atoms with Crippen molar-refractivity contribution in [1.29, 1.82) is 0 Å². The highest BCUT2D eigenvalue weighted by atomic mass is 16.6. The molecule has 0 aliphatic heterocycles. The molecule has 1 N–H and O–H groups in total. The molecule has 0 heterocycles. The lowest BCUT2D eigenvalue weighted by Gasteiger charge is -2.17. The number of carbonyl (C=O) groups excluding carboxylic acids is 4. The molecule has 0 radical (unpaired) electrons. The molecule has 1 aromatic carbocycles. The van der Waals surface area contributed by atoms with E-state index in [1.807, 2.05) is 0 Å². The molecule has 9 heteroatoms. The summed E-state index contributed by atoms with van der Waals surface area (Å²) in [6, 6.07) is 0.839. The molecule has 0 amide bonds. The third-order valence-electron chi connectivity index (χ3n) is 2.53. The predicted octanol–water partition coefficient (Wildman–Crippen LogP) is 1.36. The second-order valence-electron chi connectivity index (χ2n) is 4.60. The fraction of sp³-hybridized carbons (Fsp3) is 0.267. The van der Waals surface area contributed by atoms with E-state index in [0.717, 1.165) is 33.8 Å². The minimum absolute atomic E-state index is 0.476. The smallest absolute Gasteiger partial charge is 0.336 e. The highest BCUT2D eigenvalue weighted by Gasteiger charge is 2.30. The lowest BCUT2D eigenvalue weighted by Crippen LogP contribution is -2.16. The number of hydrogen-bond donors (Lipinski definition) is 1. The second kappa shape index (κ2) is 7.36. The predicted molar refractivity (Wildman–Crippen MR) is 77.3 cm³/mol. The normalized spacial score (nSPS) is 9.83. The number of ether oxygens (including phenoxy) is 3. The number of rotatable bonds is 5. The van der Waals surface area contributed by atoms with E-state index < -0.39 is 58.0 Å². The Morgan fingerprint density at radius 1 is 0.792 bits per heavy atom. The fourth-order valence-corrected chi connectivity index (χ4v) is 1.85. The minimum atomic E-state index is -1.53. The SMILES string of the molecule is CC(=O)Oc1cc(C(=O)O)c(C(C)=O)c(OC(C)=O)c1OC(C)=O. The Hall–Kier alpha value is -3.23. The van der Waals surface area contributed by atoms with Crippen molar-refractivity contribution in [3.05, 3.63) is 17.2 Å². The Kier molecular flexibility index (Phi) is 5.77. The summed E-state index contributed by atoms with van der Waals surface area (Å²) in [5, 5.41) is 9.26. The van der Waals surface area contributed by atoms with E-state index in [0.29, 0.717) is 0 Å². The zero-order chi connectivity index (χ0) is 18.6. The Morgan fingerprint density at radius 3 is 1.62 bits per heavy atom. The summed E-state index contributed by atoms with van der Waals surface area (Å²) in [6.07, 6.45) is 0. The molecule has 0 saturated heterocycles. The van der Waals surface area contributed by atoms with Crippen LogP contribution >= 0.6 is 0 Å². The van der Waals surface area contributed by atoms with Gasteiger partial charge in [0, 0.05) is 26.8 Å². The number of aromatic carboxylic acids is 1. The summed E-state index contributed by atoms with van der Waals surface area (Å²) in [7, 11) is 0. The van der Waals surface area contributed by atoms with E-state index >= 15 is 0 Å². The zero-order valence-corrected chi connectivity index (χ0v) is 13.3. The van der Waals surface area contributed by atoms with Gasteiger partial charge in [0.1, 0.15) is 0 Å². The largest absolute Gasteiger partial charge is 0.478 e. The van der Waals surface area contributed by atoms with Crippen LogP contribution in [0, 0.1) is 0 Å². The molecule has 1 rings (SSSR count). The van der Waals surface area contributed by atoms with Crippen LogP contribution in [0.5, 0.6) is 17.2 Å². The van der Waals surface area contributed by atoms with Crippen molar-refractivity contribution in [1.82, 2.24) is 0 Å². The third kappa shape index (κ3) is 4.38. The van der Waals surface area contributed by atoms with Gasteiger partial charge >= 0.3 is 23.9 Å². The number of benzene rings is 1. The van der Waals surface area contributed by atoms with Gasteiger partial charge in [-0.3, -0.25) is 19.2 Å². The van der Waals surface area contributed by atoms with E-state index in [1.165, 1.54) is 0 Å². The zero-order valence-electron chi connectivity index (χ0n) is 13.3. The molecule has 9 nitrogen and oxygen atoms in total. The number of esters is 3. The van der Waals surface area contributed by atoms with Crippen LogP contribution in [0.1, 0.15) is 48.4 Å². The van der Waals surface area contributed by atoms with Crippen LogP contribution in [0.3, 0.4) is 0 Å². The lowest BCUT2D eigenvalue weighted by molar-refractivity contribution is -0.135. The monoisotopic (exact) mass is 338 g/mol. The number of carbonyl (C=O) groups is 5. The minimum Gasteiger partial charge on any atom is -0.478 e. The molecule has 128 valence electrons. The van der Waals surface area contributed by atoms with Gasteiger partial charge in [-0.05, 0) is 6.92 Å². The van der Waals surface area contributed by atoms with Gasteiger partial charge in [0.15, 0.2) is 17.3 Å². The molecule has 0 fully saturated rings. The van der Waals surface area contributed by atoms with Crippen LogP contribution in [0.25, 0.3) is 0 Å². The third-order valence-corrected chi connectivity index (χ3v) is 2.53. The van der Waals surface area contributed by atoms with Gasteiger partial charge in [-0.25, -0.2) is 4.79 Å². The number of carboxylic acid groups (broad SMARTS) is 1. The molecule has 1 aromatic rings. The van der Waals surface area contributed by atoms with Crippen molar-refractivity contribution >= 4 is 29.7 Å². The van der Waals surface area contributed by atoms with Crippen LogP contribution in [-0.2, 0) is 14.4 Å². The fourth-order valence-electron chi connectivity index (χ4n) is 1.85. The molecular weight excluding hydrogens is 324 g/mol. The molecule has 0 saturated carbocycles. The van der Waals surface area contributed by atoms with Crippen molar-refractivity contribution < 1.29 is 43.3 Å².